The lowest BCUT2D eigenvalue weighted by atomic mass is 10.00. The molecule has 1 aromatic rings. The minimum Gasteiger partial charge on any atom is -0.340 e. The number of likely N-dealkylation sites (tertiary alicyclic amines) is 2. The summed E-state index contributed by atoms with van der Waals surface area (Å²) in [4.78, 5) is 27.9. The average Bonchev–Trinajstić information content (AvgIpc) is 3.05. The molecule has 2 aliphatic rings. The molecule has 0 aromatic heterocycles. The van der Waals surface area contributed by atoms with E-state index >= 15 is 0 Å². The van der Waals surface area contributed by atoms with Crippen molar-refractivity contribution in [3.8, 4) is 0 Å². The van der Waals surface area contributed by atoms with Crippen LogP contribution in [0.15, 0.2) is 29.8 Å². The van der Waals surface area contributed by atoms with Crippen LogP contribution in [0.2, 0.25) is 0 Å². The predicted octanol–water partition coefficient (Wildman–Crippen LogP) is 2.84. The molecule has 2 saturated heterocycles. The Labute approximate surface area is 141 Å². The van der Waals surface area contributed by atoms with E-state index in [9.17, 15) is 14.0 Å². The molecule has 0 spiro atoms. The number of carbonyl (C=O) groups excluding carboxylic acids is 2. The first kappa shape index (κ1) is 16.7. The molecule has 3 rings (SSSR count). The summed E-state index contributed by atoms with van der Waals surface area (Å²) in [5.41, 5.74) is 2.10. The lowest BCUT2D eigenvalue weighted by Gasteiger charge is -2.33. The second kappa shape index (κ2) is 7.16. The van der Waals surface area contributed by atoms with Crippen LogP contribution in [0, 0.1) is 5.82 Å². The SMILES string of the molecule is CC(=O)N1CCC[C@H]1C(=O)N1CCC(=Cc2cccc(F)c2)CC1. The zero-order valence-electron chi connectivity index (χ0n) is 14.0. The molecule has 0 radical (unpaired) electrons. The number of piperidine rings is 1. The van der Waals surface area contributed by atoms with Crippen LogP contribution in [-0.2, 0) is 9.59 Å². The third kappa shape index (κ3) is 3.66. The van der Waals surface area contributed by atoms with E-state index in [0.717, 1.165) is 31.2 Å². The Bertz CT molecular complexity index is 661. The van der Waals surface area contributed by atoms with E-state index in [4.69, 9.17) is 0 Å². The van der Waals surface area contributed by atoms with Gasteiger partial charge in [-0.15, -0.1) is 0 Å². The van der Waals surface area contributed by atoms with Gasteiger partial charge in [0.05, 0.1) is 0 Å². The number of rotatable bonds is 2. The van der Waals surface area contributed by atoms with Crippen molar-refractivity contribution >= 4 is 17.9 Å². The highest BCUT2D eigenvalue weighted by Crippen LogP contribution is 2.24. The van der Waals surface area contributed by atoms with E-state index in [1.54, 1.807) is 11.0 Å². The number of nitrogens with zero attached hydrogens (tertiary/aromatic N) is 2. The molecule has 5 heteroatoms. The van der Waals surface area contributed by atoms with Crippen molar-refractivity contribution in [1.82, 2.24) is 9.80 Å². The molecule has 1 aromatic carbocycles. The summed E-state index contributed by atoms with van der Waals surface area (Å²) in [5, 5.41) is 0. The smallest absolute Gasteiger partial charge is 0.245 e. The Morgan fingerprint density at radius 1 is 1.21 bits per heavy atom. The van der Waals surface area contributed by atoms with Crippen LogP contribution in [-0.4, -0.2) is 47.3 Å². The molecule has 2 amide bonds. The van der Waals surface area contributed by atoms with Crippen LogP contribution in [0.4, 0.5) is 4.39 Å². The summed E-state index contributed by atoms with van der Waals surface area (Å²) >= 11 is 0. The van der Waals surface area contributed by atoms with Gasteiger partial charge in [-0.25, -0.2) is 4.39 Å². The van der Waals surface area contributed by atoms with Crippen LogP contribution in [0.3, 0.4) is 0 Å². The number of hydrogen-bond donors (Lipinski definition) is 0. The molecule has 2 heterocycles. The van der Waals surface area contributed by atoms with E-state index in [0.29, 0.717) is 19.6 Å². The molecule has 0 aliphatic carbocycles. The van der Waals surface area contributed by atoms with Gasteiger partial charge in [0.25, 0.3) is 0 Å². The third-order valence-electron chi connectivity index (χ3n) is 4.88. The fourth-order valence-electron chi connectivity index (χ4n) is 3.60. The molecular weight excluding hydrogens is 307 g/mol. The maximum Gasteiger partial charge on any atom is 0.245 e. The summed E-state index contributed by atoms with van der Waals surface area (Å²) < 4.78 is 13.2. The Morgan fingerprint density at radius 2 is 1.96 bits per heavy atom. The van der Waals surface area contributed by atoms with Crippen molar-refractivity contribution in [3.63, 3.8) is 0 Å². The molecule has 2 fully saturated rings. The topological polar surface area (TPSA) is 40.6 Å². The first-order valence-corrected chi connectivity index (χ1v) is 8.55. The molecule has 0 N–H and O–H groups in total. The third-order valence-corrected chi connectivity index (χ3v) is 4.88. The highest BCUT2D eigenvalue weighted by molar-refractivity contribution is 5.87. The molecule has 0 bridgehead atoms. The normalized spacial score (nSPS) is 21.1. The van der Waals surface area contributed by atoms with Crippen molar-refractivity contribution in [1.29, 1.82) is 0 Å². The van der Waals surface area contributed by atoms with Crippen LogP contribution in [0.5, 0.6) is 0 Å². The first-order chi connectivity index (χ1) is 11.5. The molecule has 128 valence electrons. The van der Waals surface area contributed by atoms with Gasteiger partial charge in [0, 0.05) is 26.6 Å². The van der Waals surface area contributed by atoms with Crippen LogP contribution >= 0.6 is 0 Å². The Hall–Kier alpha value is -2.17. The zero-order chi connectivity index (χ0) is 17.1. The van der Waals surface area contributed by atoms with E-state index in [1.807, 2.05) is 17.0 Å². The first-order valence-electron chi connectivity index (χ1n) is 8.55. The Kier molecular flexibility index (Phi) is 4.97. The van der Waals surface area contributed by atoms with E-state index in [1.165, 1.54) is 24.6 Å². The van der Waals surface area contributed by atoms with Gasteiger partial charge >= 0.3 is 0 Å². The summed E-state index contributed by atoms with van der Waals surface area (Å²) in [6, 6.07) is 6.27. The number of halogens is 1. The number of carbonyl (C=O) groups is 2. The fraction of sp³-hybridized carbons (Fsp3) is 0.474. The zero-order valence-corrected chi connectivity index (χ0v) is 14.0. The van der Waals surface area contributed by atoms with E-state index in [-0.39, 0.29) is 23.7 Å². The highest BCUT2D eigenvalue weighted by atomic mass is 19.1. The average molecular weight is 330 g/mol. The van der Waals surface area contributed by atoms with Gasteiger partial charge in [-0.05, 0) is 43.4 Å². The quantitative estimate of drug-likeness (QED) is 0.837. The second-order valence-electron chi connectivity index (χ2n) is 6.55. The van der Waals surface area contributed by atoms with Crippen molar-refractivity contribution in [2.24, 2.45) is 0 Å². The van der Waals surface area contributed by atoms with Gasteiger partial charge in [-0.1, -0.05) is 23.8 Å². The number of amides is 2. The highest BCUT2D eigenvalue weighted by Gasteiger charge is 2.35. The Balaban J connectivity index is 1.60. The van der Waals surface area contributed by atoms with E-state index < -0.39 is 0 Å². The maximum atomic E-state index is 13.2. The predicted molar refractivity (Wildman–Crippen MR) is 90.6 cm³/mol. The largest absolute Gasteiger partial charge is 0.340 e. The molecule has 24 heavy (non-hydrogen) atoms. The maximum absolute atomic E-state index is 13.2. The van der Waals surface area contributed by atoms with Gasteiger partial charge < -0.3 is 9.80 Å². The van der Waals surface area contributed by atoms with E-state index in [2.05, 4.69) is 0 Å². The van der Waals surface area contributed by atoms with Gasteiger partial charge in [0.1, 0.15) is 11.9 Å². The van der Waals surface area contributed by atoms with Crippen molar-refractivity contribution in [2.75, 3.05) is 19.6 Å². The second-order valence-corrected chi connectivity index (χ2v) is 6.55. The fourth-order valence-corrected chi connectivity index (χ4v) is 3.60. The van der Waals surface area contributed by atoms with Crippen molar-refractivity contribution in [3.05, 3.63) is 41.2 Å². The lowest BCUT2D eigenvalue weighted by molar-refractivity contribution is -0.143. The van der Waals surface area contributed by atoms with Gasteiger partial charge in [0.15, 0.2) is 0 Å². The summed E-state index contributed by atoms with van der Waals surface area (Å²) in [6.07, 6.45) is 5.28. The molecule has 4 nitrogen and oxygen atoms in total. The minimum atomic E-state index is -0.281. The lowest BCUT2D eigenvalue weighted by Crippen LogP contribution is -2.48. The number of benzene rings is 1. The van der Waals surface area contributed by atoms with Gasteiger partial charge in [-0.2, -0.15) is 0 Å². The number of hydrogen-bond acceptors (Lipinski definition) is 2. The van der Waals surface area contributed by atoms with Gasteiger partial charge in [0.2, 0.25) is 11.8 Å². The molecule has 2 aliphatic heterocycles. The standard InChI is InChI=1S/C19H23FN2O2/c1-14(23)22-9-3-6-18(22)19(24)21-10-7-15(8-11-21)12-16-4-2-5-17(20)13-16/h2,4-5,12-13,18H,3,6-11H2,1H3/t18-/m0/s1. The van der Waals surface area contributed by atoms with Crippen molar-refractivity contribution < 1.29 is 14.0 Å². The molecule has 0 saturated carbocycles. The summed E-state index contributed by atoms with van der Waals surface area (Å²) in [7, 11) is 0. The van der Waals surface area contributed by atoms with Crippen LogP contribution in [0.25, 0.3) is 6.08 Å². The van der Waals surface area contributed by atoms with Crippen LogP contribution in [0.1, 0.15) is 38.2 Å². The summed E-state index contributed by atoms with van der Waals surface area (Å²) in [6.45, 7) is 3.55. The van der Waals surface area contributed by atoms with Crippen molar-refractivity contribution in [2.45, 2.75) is 38.6 Å². The molecule has 0 unspecified atom stereocenters. The van der Waals surface area contributed by atoms with Crippen LogP contribution < -0.4 is 0 Å². The molecular formula is C19H23FN2O2. The molecule has 1 atom stereocenters. The summed E-state index contributed by atoms with van der Waals surface area (Å²) in [5.74, 6) is -0.176. The Morgan fingerprint density at radius 3 is 2.62 bits per heavy atom. The monoisotopic (exact) mass is 330 g/mol. The minimum absolute atomic E-state index is 0.0189. The van der Waals surface area contributed by atoms with Gasteiger partial charge in [-0.3, -0.25) is 9.59 Å².